The van der Waals surface area contributed by atoms with Gasteiger partial charge in [0.2, 0.25) is 0 Å². The van der Waals surface area contributed by atoms with Gasteiger partial charge in [-0.05, 0) is 23.6 Å². The lowest BCUT2D eigenvalue weighted by Crippen LogP contribution is -2.19. The van der Waals surface area contributed by atoms with Crippen molar-refractivity contribution in [3.05, 3.63) is 59.9 Å². The predicted octanol–water partition coefficient (Wildman–Crippen LogP) is 3.26. The van der Waals surface area contributed by atoms with E-state index in [4.69, 9.17) is 0 Å². The Balaban J connectivity index is 1.96. The third kappa shape index (κ3) is 2.74. The van der Waals surface area contributed by atoms with Crippen LogP contribution in [0.5, 0.6) is 0 Å². The summed E-state index contributed by atoms with van der Waals surface area (Å²) >= 11 is 0. The highest BCUT2D eigenvalue weighted by Crippen LogP contribution is 2.16. The zero-order valence-electron chi connectivity index (χ0n) is 9.61. The predicted molar refractivity (Wildman–Crippen MR) is 67.1 cm³/mol. The van der Waals surface area contributed by atoms with Gasteiger partial charge in [-0.3, -0.25) is 0 Å². The number of H-pyrrole nitrogens is 1. The van der Waals surface area contributed by atoms with Gasteiger partial charge < -0.3 is 10.3 Å². The first kappa shape index (κ1) is 11.0. The Hall–Kier alpha value is -1.54. The van der Waals surface area contributed by atoms with Crippen molar-refractivity contribution in [3.8, 4) is 0 Å². The molecule has 16 heavy (non-hydrogen) atoms. The van der Waals surface area contributed by atoms with Crippen molar-refractivity contribution in [2.24, 2.45) is 0 Å². The molecule has 0 aliphatic rings. The summed E-state index contributed by atoms with van der Waals surface area (Å²) in [7, 11) is 0. The van der Waals surface area contributed by atoms with Crippen LogP contribution < -0.4 is 5.32 Å². The van der Waals surface area contributed by atoms with Crippen molar-refractivity contribution in [2.75, 3.05) is 0 Å². The molecule has 0 bridgehead atoms. The first-order valence-corrected chi connectivity index (χ1v) is 5.80. The van der Waals surface area contributed by atoms with Crippen molar-refractivity contribution >= 4 is 0 Å². The maximum absolute atomic E-state index is 3.57. The highest BCUT2D eigenvalue weighted by Gasteiger charge is 2.07. The Morgan fingerprint density at radius 1 is 1.19 bits per heavy atom. The SMILES string of the molecule is CCC(NCc1cc[nH]c1)c1ccccc1. The number of nitrogens with one attached hydrogen (secondary N) is 2. The quantitative estimate of drug-likeness (QED) is 0.785. The zero-order valence-corrected chi connectivity index (χ0v) is 9.61. The van der Waals surface area contributed by atoms with Crippen LogP contribution in [-0.2, 0) is 6.54 Å². The van der Waals surface area contributed by atoms with Crippen molar-refractivity contribution < 1.29 is 0 Å². The molecule has 0 spiro atoms. The zero-order chi connectivity index (χ0) is 11.2. The molecular weight excluding hydrogens is 196 g/mol. The molecule has 0 aliphatic carbocycles. The number of hydrogen-bond acceptors (Lipinski definition) is 1. The van der Waals surface area contributed by atoms with Crippen LogP contribution in [0.3, 0.4) is 0 Å². The topological polar surface area (TPSA) is 27.8 Å². The van der Waals surface area contributed by atoms with Crippen LogP contribution in [-0.4, -0.2) is 4.98 Å². The van der Waals surface area contributed by atoms with E-state index in [-0.39, 0.29) is 0 Å². The van der Waals surface area contributed by atoms with Crippen LogP contribution >= 0.6 is 0 Å². The summed E-state index contributed by atoms with van der Waals surface area (Å²) in [6, 6.07) is 13.1. The van der Waals surface area contributed by atoms with Crippen molar-refractivity contribution in [1.82, 2.24) is 10.3 Å². The second-order valence-electron chi connectivity index (χ2n) is 3.97. The van der Waals surface area contributed by atoms with Gasteiger partial charge in [0, 0.05) is 25.0 Å². The molecule has 2 N–H and O–H groups in total. The van der Waals surface area contributed by atoms with E-state index in [0.717, 1.165) is 13.0 Å². The standard InChI is InChI=1S/C14H18N2/c1-2-14(13-6-4-3-5-7-13)16-11-12-8-9-15-10-12/h3-10,14-16H,2,11H2,1H3. The molecule has 0 saturated heterocycles. The van der Waals surface area contributed by atoms with Gasteiger partial charge in [-0.25, -0.2) is 0 Å². The molecule has 0 saturated carbocycles. The molecule has 0 radical (unpaired) electrons. The molecule has 2 rings (SSSR count). The van der Waals surface area contributed by atoms with Crippen LogP contribution in [0, 0.1) is 0 Å². The highest BCUT2D eigenvalue weighted by atomic mass is 14.9. The molecular formula is C14H18N2. The van der Waals surface area contributed by atoms with Crippen LogP contribution in [0.2, 0.25) is 0 Å². The fourth-order valence-corrected chi connectivity index (χ4v) is 1.89. The maximum atomic E-state index is 3.57. The maximum Gasteiger partial charge on any atom is 0.0320 e. The van der Waals surface area contributed by atoms with E-state index in [1.165, 1.54) is 11.1 Å². The van der Waals surface area contributed by atoms with Gasteiger partial charge >= 0.3 is 0 Å². The average molecular weight is 214 g/mol. The van der Waals surface area contributed by atoms with Crippen molar-refractivity contribution in [2.45, 2.75) is 25.9 Å². The fourth-order valence-electron chi connectivity index (χ4n) is 1.89. The molecule has 0 fully saturated rings. The van der Waals surface area contributed by atoms with E-state index >= 15 is 0 Å². The molecule has 84 valence electrons. The minimum absolute atomic E-state index is 0.441. The first-order valence-electron chi connectivity index (χ1n) is 5.80. The van der Waals surface area contributed by atoms with E-state index in [0.29, 0.717) is 6.04 Å². The highest BCUT2D eigenvalue weighted by molar-refractivity contribution is 5.19. The minimum atomic E-state index is 0.441. The van der Waals surface area contributed by atoms with Crippen molar-refractivity contribution in [1.29, 1.82) is 0 Å². The number of rotatable bonds is 5. The molecule has 1 heterocycles. The van der Waals surface area contributed by atoms with Gasteiger partial charge in [-0.2, -0.15) is 0 Å². The van der Waals surface area contributed by atoms with E-state index in [1.54, 1.807) is 0 Å². The van der Waals surface area contributed by atoms with Crippen molar-refractivity contribution in [3.63, 3.8) is 0 Å². The minimum Gasteiger partial charge on any atom is -0.367 e. The Labute approximate surface area is 96.7 Å². The summed E-state index contributed by atoms with van der Waals surface area (Å²) < 4.78 is 0. The van der Waals surface area contributed by atoms with Gasteiger partial charge in [0.25, 0.3) is 0 Å². The second kappa shape index (κ2) is 5.52. The Morgan fingerprint density at radius 3 is 2.62 bits per heavy atom. The van der Waals surface area contributed by atoms with Gasteiger partial charge in [0.05, 0.1) is 0 Å². The lowest BCUT2D eigenvalue weighted by Gasteiger charge is -2.16. The Bertz CT molecular complexity index is 392. The molecule has 1 unspecified atom stereocenters. The van der Waals surface area contributed by atoms with Crippen LogP contribution in [0.15, 0.2) is 48.8 Å². The van der Waals surface area contributed by atoms with E-state index in [9.17, 15) is 0 Å². The van der Waals surface area contributed by atoms with Crippen LogP contribution in [0.4, 0.5) is 0 Å². The molecule has 2 heteroatoms. The Kier molecular flexibility index (Phi) is 3.78. The van der Waals surface area contributed by atoms with Gasteiger partial charge in [0.15, 0.2) is 0 Å². The molecule has 1 aromatic heterocycles. The Morgan fingerprint density at radius 2 is 2.00 bits per heavy atom. The molecule has 1 aromatic carbocycles. The summed E-state index contributed by atoms with van der Waals surface area (Å²) in [5.41, 5.74) is 2.66. The summed E-state index contributed by atoms with van der Waals surface area (Å²) in [6.07, 6.45) is 5.10. The van der Waals surface area contributed by atoms with Crippen LogP contribution in [0.25, 0.3) is 0 Å². The summed E-state index contributed by atoms with van der Waals surface area (Å²) in [6.45, 7) is 3.12. The van der Waals surface area contributed by atoms with E-state index in [2.05, 4.69) is 53.6 Å². The largest absolute Gasteiger partial charge is 0.367 e. The molecule has 0 aliphatic heterocycles. The van der Waals surface area contributed by atoms with Gasteiger partial charge in [0.1, 0.15) is 0 Å². The third-order valence-electron chi connectivity index (χ3n) is 2.83. The summed E-state index contributed by atoms with van der Waals surface area (Å²) in [4.78, 5) is 3.07. The number of benzene rings is 1. The monoisotopic (exact) mass is 214 g/mol. The molecule has 2 nitrogen and oxygen atoms in total. The van der Waals surface area contributed by atoms with Gasteiger partial charge in [-0.15, -0.1) is 0 Å². The lowest BCUT2D eigenvalue weighted by molar-refractivity contribution is 0.519. The fraction of sp³-hybridized carbons (Fsp3) is 0.286. The molecule has 1 atom stereocenters. The molecule has 0 amide bonds. The average Bonchev–Trinajstić information content (AvgIpc) is 2.84. The van der Waals surface area contributed by atoms with Gasteiger partial charge in [-0.1, -0.05) is 37.3 Å². The lowest BCUT2D eigenvalue weighted by atomic mass is 10.0. The third-order valence-corrected chi connectivity index (χ3v) is 2.83. The summed E-state index contributed by atoms with van der Waals surface area (Å²) in [5.74, 6) is 0. The van der Waals surface area contributed by atoms with E-state index < -0.39 is 0 Å². The first-order chi connectivity index (χ1) is 7.90. The molecule has 2 aromatic rings. The second-order valence-corrected chi connectivity index (χ2v) is 3.97. The van der Waals surface area contributed by atoms with E-state index in [1.807, 2.05) is 12.4 Å². The number of hydrogen-bond donors (Lipinski definition) is 2. The number of aromatic nitrogens is 1. The summed E-state index contributed by atoms with van der Waals surface area (Å²) in [5, 5.41) is 3.57. The number of aromatic amines is 1. The smallest absolute Gasteiger partial charge is 0.0320 e. The normalized spacial score (nSPS) is 12.6. The van der Waals surface area contributed by atoms with Crippen LogP contribution in [0.1, 0.15) is 30.5 Å².